The molecule has 9 heteroatoms. The van der Waals surface area contributed by atoms with Crippen molar-refractivity contribution in [1.29, 1.82) is 5.26 Å². The van der Waals surface area contributed by atoms with Gasteiger partial charge in [-0.15, -0.1) is 0 Å². The first-order valence-electron chi connectivity index (χ1n) is 9.07. The number of halogens is 1. The van der Waals surface area contributed by atoms with Crippen molar-refractivity contribution in [3.8, 4) is 6.07 Å². The molecule has 2 atom stereocenters. The van der Waals surface area contributed by atoms with Crippen molar-refractivity contribution in [2.45, 2.75) is 19.8 Å². The van der Waals surface area contributed by atoms with E-state index in [-0.39, 0.29) is 22.3 Å². The molecule has 1 aromatic carbocycles. The van der Waals surface area contributed by atoms with E-state index in [0.717, 1.165) is 11.8 Å². The van der Waals surface area contributed by atoms with E-state index in [1.54, 1.807) is 29.2 Å². The summed E-state index contributed by atoms with van der Waals surface area (Å²) in [5, 5.41) is 13.0. The molecule has 0 aliphatic carbocycles. The van der Waals surface area contributed by atoms with E-state index < -0.39 is 23.7 Å². The molecule has 1 N–H and O–H groups in total. The Hall–Kier alpha value is -2.50. The number of amides is 2. The molecular formula is C20H22ClN3O4S. The Morgan fingerprint density at radius 2 is 1.97 bits per heavy atom. The van der Waals surface area contributed by atoms with Gasteiger partial charge in [-0.05, 0) is 25.5 Å². The quantitative estimate of drug-likeness (QED) is 0.522. The summed E-state index contributed by atoms with van der Waals surface area (Å²) in [6.07, 6.45) is 0. The van der Waals surface area contributed by atoms with Gasteiger partial charge in [-0.2, -0.15) is 5.26 Å². The molecule has 0 unspecified atom stereocenters. The fourth-order valence-corrected chi connectivity index (χ4v) is 4.39. The number of benzene rings is 1. The number of ether oxygens (including phenoxy) is 1. The number of rotatable bonds is 7. The van der Waals surface area contributed by atoms with Crippen LogP contribution in [-0.2, 0) is 19.1 Å². The van der Waals surface area contributed by atoms with Crippen molar-refractivity contribution in [2.75, 3.05) is 26.0 Å². The maximum absolute atomic E-state index is 12.7. The van der Waals surface area contributed by atoms with Gasteiger partial charge in [-0.25, -0.2) is 0 Å². The van der Waals surface area contributed by atoms with E-state index in [9.17, 15) is 19.6 Å². The van der Waals surface area contributed by atoms with Crippen LogP contribution in [0.4, 0.5) is 0 Å². The molecule has 0 spiro atoms. The van der Waals surface area contributed by atoms with Crippen LogP contribution >= 0.6 is 23.4 Å². The van der Waals surface area contributed by atoms with Crippen LogP contribution in [0.3, 0.4) is 0 Å². The lowest BCUT2D eigenvalue weighted by Crippen LogP contribution is -2.44. The number of thioether (sulfide) groups is 1. The van der Waals surface area contributed by atoms with Gasteiger partial charge in [0.2, 0.25) is 11.8 Å². The lowest BCUT2D eigenvalue weighted by Gasteiger charge is -2.31. The monoisotopic (exact) mass is 435 g/mol. The summed E-state index contributed by atoms with van der Waals surface area (Å²) < 4.78 is 4.80. The summed E-state index contributed by atoms with van der Waals surface area (Å²) in [7, 11) is 1.18. The lowest BCUT2D eigenvalue weighted by molar-refractivity contribution is -0.150. The molecule has 1 aromatic rings. The van der Waals surface area contributed by atoms with E-state index in [0.29, 0.717) is 23.7 Å². The SMILES string of the molecule is CCN(CC)C(=O)CSC1=C(C#N)[C@H](c2ccccc2Cl)[C@@H](C(=O)OC)C(=O)N1. The van der Waals surface area contributed by atoms with E-state index in [1.807, 2.05) is 13.8 Å². The summed E-state index contributed by atoms with van der Waals surface area (Å²) in [6.45, 7) is 4.89. The molecule has 29 heavy (non-hydrogen) atoms. The minimum absolute atomic E-state index is 0.0562. The highest BCUT2D eigenvalue weighted by atomic mass is 35.5. The molecule has 7 nitrogen and oxygen atoms in total. The Balaban J connectivity index is 2.49. The average Bonchev–Trinajstić information content (AvgIpc) is 2.72. The predicted molar refractivity (Wildman–Crippen MR) is 111 cm³/mol. The van der Waals surface area contributed by atoms with Gasteiger partial charge in [0.05, 0.1) is 29.5 Å². The zero-order valence-electron chi connectivity index (χ0n) is 16.4. The Morgan fingerprint density at radius 3 is 2.52 bits per heavy atom. The van der Waals surface area contributed by atoms with Gasteiger partial charge in [-0.1, -0.05) is 41.6 Å². The van der Waals surface area contributed by atoms with Crippen LogP contribution < -0.4 is 5.32 Å². The summed E-state index contributed by atoms with van der Waals surface area (Å²) in [5.41, 5.74) is 0.648. The smallest absolute Gasteiger partial charge is 0.319 e. The Kier molecular flexibility index (Phi) is 8.11. The molecule has 1 aliphatic rings. The molecule has 0 bridgehead atoms. The topological polar surface area (TPSA) is 99.5 Å². The van der Waals surface area contributed by atoms with Gasteiger partial charge >= 0.3 is 5.97 Å². The second-order valence-electron chi connectivity index (χ2n) is 6.20. The third-order valence-electron chi connectivity index (χ3n) is 4.68. The predicted octanol–water partition coefficient (Wildman–Crippen LogP) is 2.68. The van der Waals surface area contributed by atoms with Gasteiger partial charge in [0.15, 0.2) is 0 Å². The lowest BCUT2D eigenvalue weighted by atomic mass is 9.78. The average molecular weight is 436 g/mol. The van der Waals surface area contributed by atoms with Crippen molar-refractivity contribution in [3.63, 3.8) is 0 Å². The van der Waals surface area contributed by atoms with Crippen LogP contribution in [0.5, 0.6) is 0 Å². The highest BCUT2D eigenvalue weighted by Crippen LogP contribution is 2.42. The number of nitriles is 1. The third kappa shape index (κ3) is 4.92. The summed E-state index contributed by atoms with van der Waals surface area (Å²) in [4.78, 5) is 39.1. The maximum atomic E-state index is 12.7. The van der Waals surface area contributed by atoms with Crippen molar-refractivity contribution >= 4 is 41.1 Å². The molecule has 2 rings (SSSR count). The zero-order valence-corrected chi connectivity index (χ0v) is 18.0. The van der Waals surface area contributed by atoms with Crippen LogP contribution in [0.1, 0.15) is 25.3 Å². The first-order valence-corrected chi connectivity index (χ1v) is 10.4. The van der Waals surface area contributed by atoms with E-state index in [2.05, 4.69) is 11.4 Å². The van der Waals surface area contributed by atoms with Gasteiger partial charge in [0, 0.05) is 24.0 Å². The molecule has 0 fully saturated rings. The van der Waals surface area contributed by atoms with E-state index >= 15 is 0 Å². The van der Waals surface area contributed by atoms with E-state index in [1.165, 1.54) is 7.11 Å². The second-order valence-corrected chi connectivity index (χ2v) is 7.59. The molecule has 0 radical (unpaired) electrons. The minimum Gasteiger partial charge on any atom is -0.468 e. The summed E-state index contributed by atoms with van der Waals surface area (Å²) >= 11 is 7.38. The third-order valence-corrected chi connectivity index (χ3v) is 6.03. The Labute approximate surface area is 179 Å². The van der Waals surface area contributed by atoms with Crippen LogP contribution in [0.2, 0.25) is 5.02 Å². The summed E-state index contributed by atoms with van der Waals surface area (Å²) in [5.74, 6) is -3.57. The Morgan fingerprint density at radius 1 is 1.31 bits per heavy atom. The molecule has 1 heterocycles. The normalized spacial score (nSPS) is 18.7. The first-order chi connectivity index (χ1) is 13.9. The number of methoxy groups -OCH3 is 1. The van der Waals surface area contributed by atoms with Crippen molar-refractivity contribution < 1.29 is 19.1 Å². The maximum Gasteiger partial charge on any atom is 0.319 e. The number of nitrogens with one attached hydrogen (secondary N) is 1. The number of carbonyl (C=O) groups excluding carboxylic acids is 3. The molecule has 0 aromatic heterocycles. The van der Waals surface area contributed by atoms with Crippen LogP contribution in [-0.4, -0.2) is 48.6 Å². The fourth-order valence-electron chi connectivity index (χ4n) is 3.18. The van der Waals surface area contributed by atoms with Crippen molar-refractivity contribution in [1.82, 2.24) is 10.2 Å². The van der Waals surface area contributed by atoms with Crippen LogP contribution in [0.15, 0.2) is 34.9 Å². The van der Waals surface area contributed by atoms with Crippen molar-refractivity contribution in [3.05, 3.63) is 45.5 Å². The Bertz CT molecular complexity index is 877. The molecular weight excluding hydrogens is 414 g/mol. The number of nitrogens with zero attached hydrogens (tertiary/aromatic N) is 2. The highest BCUT2D eigenvalue weighted by Gasteiger charge is 2.45. The molecule has 1 aliphatic heterocycles. The number of esters is 1. The highest BCUT2D eigenvalue weighted by molar-refractivity contribution is 8.03. The molecule has 0 saturated heterocycles. The largest absolute Gasteiger partial charge is 0.468 e. The van der Waals surface area contributed by atoms with E-state index in [4.69, 9.17) is 16.3 Å². The van der Waals surface area contributed by atoms with Crippen LogP contribution in [0, 0.1) is 17.2 Å². The van der Waals surface area contributed by atoms with Gasteiger partial charge in [-0.3, -0.25) is 14.4 Å². The summed E-state index contributed by atoms with van der Waals surface area (Å²) in [6, 6.07) is 8.82. The molecule has 154 valence electrons. The van der Waals surface area contributed by atoms with Gasteiger partial charge in [0.25, 0.3) is 0 Å². The van der Waals surface area contributed by atoms with Crippen molar-refractivity contribution in [2.24, 2.45) is 5.92 Å². The standard InChI is InChI=1S/C20H22ClN3O4S/c1-4-24(5-2)15(25)11-29-19-13(10-22)16(12-8-6-7-9-14(12)21)17(18(26)23-19)20(27)28-3/h6-9,16-17H,4-5,11H2,1-3H3,(H,23,26)/t16-,17+/m0/s1. The number of hydrogen-bond donors (Lipinski definition) is 1. The fraction of sp³-hybridized carbons (Fsp3) is 0.400. The second kappa shape index (κ2) is 10.3. The van der Waals surface area contributed by atoms with Gasteiger partial charge < -0.3 is 15.0 Å². The molecule has 0 saturated carbocycles. The number of carbonyl (C=O) groups is 3. The van der Waals surface area contributed by atoms with Gasteiger partial charge in [0.1, 0.15) is 5.92 Å². The number of allylic oxidation sites excluding steroid dienone is 1. The number of hydrogen-bond acceptors (Lipinski definition) is 6. The molecule has 2 amide bonds. The zero-order chi connectivity index (χ0) is 21.6. The minimum atomic E-state index is -1.25. The van der Waals surface area contributed by atoms with Crippen LogP contribution in [0.25, 0.3) is 0 Å². The first kappa shape index (κ1) is 22.8.